The predicted molar refractivity (Wildman–Crippen MR) is 149 cm³/mol. The van der Waals surface area contributed by atoms with Gasteiger partial charge in [0.2, 0.25) is 0 Å². The molecule has 2 fully saturated rings. The standard InChI is InChI=1S/C25H44N6.HI/c1-5-26-25(27-19-21(3)20-30-16-14-29(6-2)15-17-30)28-22(4)23-10-9-11-24(18-23)31-12-7-8-13-31;/h9-11,18,21-22H,5-8,12-17,19-20H2,1-4H3,(H2,26,27,28);1H. The highest BCUT2D eigenvalue weighted by molar-refractivity contribution is 14.0. The average Bonchev–Trinajstić information content (AvgIpc) is 3.33. The van der Waals surface area contributed by atoms with Crippen molar-refractivity contribution in [2.75, 3.05) is 70.3 Å². The van der Waals surface area contributed by atoms with E-state index in [1.54, 1.807) is 0 Å². The van der Waals surface area contributed by atoms with E-state index >= 15 is 0 Å². The van der Waals surface area contributed by atoms with Crippen molar-refractivity contribution >= 4 is 35.6 Å². The quantitative estimate of drug-likeness (QED) is 0.276. The van der Waals surface area contributed by atoms with Crippen molar-refractivity contribution in [2.45, 2.75) is 46.6 Å². The Balaban J connectivity index is 0.00000363. The topological polar surface area (TPSA) is 46.1 Å². The van der Waals surface area contributed by atoms with Gasteiger partial charge in [0.05, 0.1) is 6.04 Å². The van der Waals surface area contributed by atoms with Gasteiger partial charge in [-0.1, -0.05) is 26.0 Å². The van der Waals surface area contributed by atoms with Gasteiger partial charge in [-0.05, 0) is 56.8 Å². The Bertz CT molecular complexity index is 683. The maximum absolute atomic E-state index is 4.92. The van der Waals surface area contributed by atoms with E-state index in [0.29, 0.717) is 5.92 Å². The van der Waals surface area contributed by atoms with Crippen LogP contribution in [0.25, 0.3) is 0 Å². The highest BCUT2D eigenvalue weighted by Gasteiger charge is 2.18. The minimum atomic E-state index is 0. The minimum absolute atomic E-state index is 0. The Morgan fingerprint density at radius 1 is 1.00 bits per heavy atom. The fourth-order valence-corrected chi connectivity index (χ4v) is 4.61. The molecule has 2 atom stereocenters. The van der Waals surface area contributed by atoms with Gasteiger partial charge in [-0.25, -0.2) is 0 Å². The van der Waals surface area contributed by atoms with Crippen molar-refractivity contribution < 1.29 is 0 Å². The van der Waals surface area contributed by atoms with E-state index < -0.39 is 0 Å². The van der Waals surface area contributed by atoms with Crippen LogP contribution >= 0.6 is 24.0 Å². The van der Waals surface area contributed by atoms with Crippen molar-refractivity contribution in [3.63, 3.8) is 0 Å². The highest BCUT2D eigenvalue weighted by Crippen LogP contribution is 2.24. The maximum Gasteiger partial charge on any atom is 0.191 e. The van der Waals surface area contributed by atoms with E-state index in [9.17, 15) is 0 Å². The van der Waals surface area contributed by atoms with Crippen LogP contribution in [0.3, 0.4) is 0 Å². The summed E-state index contributed by atoms with van der Waals surface area (Å²) in [6, 6.07) is 9.21. The van der Waals surface area contributed by atoms with Gasteiger partial charge >= 0.3 is 0 Å². The third-order valence-electron chi connectivity index (χ3n) is 6.58. The number of halogens is 1. The maximum atomic E-state index is 4.92. The molecule has 0 aromatic heterocycles. The summed E-state index contributed by atoms with van der Waals surface area (Å²) in [6.07, 6.45) is 2.61. The van der Waals surface area contributed by atoms with Gasteiger partial charge in [-0.15, -0.1) is 24.0 Å². The molecule has 1 aromatic carbocycles. The average molecular weight is 557 g/mol. The number of nitrogens with one attached hydrogen (secondary N) is 2. The molecule has 0 spiro atoms. The van der Waals surface area contributed by atoms with E-state index in [2.05, 4.69) is 77.3 Å². The van der Waals surface area contributed by atoms with Gasteiger partial charge in [0.25, 0.3) is 0 Å². The van der Waals surface area contributed by atoms with Gasteiger partial charge in [0.1, 0.15) is 0 Å². The second-order valence-electron chi connectivity index (χ2n) is 9.21. The molecule has 3 rings (SSSR count). The van der Waals surface area contributed by atoms with Gasteiger partial charge in [-0.2, -0.15) is 0 Å². The summed E-state index contributed by atoms with van der Waals surface area (Å²) in [6.45, 7) is 20.1. The van der Waals surface area contributed by atoms with Crippen LogP contribution in [-0.4, -0.2) is 81.2 Å². The van der Waals surface area contributed by atoms with Crippen molar-refractivity contribution in [1.82, 2.24) is 20.4 Å². The molecule has 2 heterocycles. The monoisotopic (exact) mass is 556 g/mol. The fraction of sp³-hybridized carbons (Fsp3) is 0.720. The third kappa shape index (κ3) is 8.37. The minimum Gasteiger partial charge on any atom is -0.372 e. The molecule has 0 radical (unpaired) electrons. The Kier molecular flexibility index (Phi) is 12.1. The second kappa shape index (κ2) is 14.3. The smallest absolute Gasteiger partial charge is 0.191 e. The van der Waals surface area contributed by atoms with Crippen LogP contribution in [0.2, 0.25) is 0 Å². The number of piperazine rings is 1. The van der Waals surface area contributed by atoms with Gasteiger partial charge in [0.15, 0.2) is 5.96 Å². The lowest BCUT2D eigenvalue weighted by molar-refractivity contribution is 0.125. The van der Waals surface area contributed by atoms with Gasteiger partial charge in [-0.3, -0.25) is 4.99 Å². The highest BCUT2D eigenvalue weighted by atomic mass is 127. The Labute approximate surface area is 213 Å². The number of hydrogen-bond donors (Lipinski definition) is 2. The number of rotatable bonds is 9. The van der Waals surface area contributed by atoms with E-state index in [1.807, 2.05) is 0 Å². The largest absolute Gasteiger partial charge is 0.372 e. The molecule has 0 aliphatic carbocycles. The second-order valence-corrected chi connectivity index (χ2v) is 9.21. The molecule has 32 heavy (non-hydrogen) atoms. The Morgan fingerprint density at radius 3 is 2.34 bits per heavy atom. The Morgan fingerprint density at radius 2 is 1.69 bits per heavy atom. The number of aliphatic imine (C=N–C) groups is 1. The molecule has 7 heteroatoms. The van der Waals surface area contributed by atoms with Gasteiger partial charge in [0, 0.05) is 64.6 Å². The number of nitrogens with zero attached hydrogens (tertiary/aromatic N) is 4. The SMILES string of the molecule is CCNC(=NCC(C)CN1CCN(CC)CC1)NC(C)c1cccc(N2CCCC2)c1.I. The molecule has 0 bridgehead atoms. The lowest BCUT2D eigenvalue weighted by Gasteiger charge is -2.35. The molecule has 2 unspecified atom stereocenters. The first kappa shape index (κ1) is 27.2. The zero-order valence-corrected chi connectivity index (χ0v) is 23.0. The molecule has 6 nitrogen and oxygen atoms in total. The third-order valence-corrected chi connectivity index (χ3v) is 6.58. The van der Waals surface area contributed by atoms with E-state index in [0.717, 1.165) is 25.6 Å². The summed E-state index contributed by atoms with van der Waals surface area (Å²) in [5.74, 6) is 1.47. The Hall–Kier alpha value is -1.06. The molecule has 182 valence electrons. The first-order valence-corrected chi connectivity index (χ1v) is 12.4. The molecule has 1 aromatic rings. The van der Waals surface area contributed by atoms with Crippen molar-refractivity contribution in [1.29, 1.82) is 0 Å². The predicted octanol–water partition coefficient (Wildman–Crippen LogP) is 3.79. The fourth-order valence-electron chi connectivity index (χ4n) is 4.61. The van der Waals surface area contributed by atoms with E-state index in [-0.39, 0.29) is 30.0 Å². The molecule has 2 aliphatic rings. The van der Waals surface area contributed by atoms with Crippen molar-refractivity contribution in [3.8, 4) is 0 Å². The van der Waals surface area contributed by atoms with Crippen molar-refractivity contribution in [2.24, 2.45) is 10.9 Å². The first-order valence-electron chi connectivity index (χ1n) is 12.4. The molecule has 2 saturated heterocycles. The molecule has 0 amide bonds. The van der Waals surface area contributed by atoms with Crippen LogP contribution in [0.5, 0.6) is 0 Å². The molecule has 2 N–H and O–H groups in total. The lowest BCUT2D eigenvalue weighted by Crippen LogP contribution is -2.47. The summed E-state index contributed by atoms with van der Waals surface area (Å²) in [7, 11) is 0. The van der Waals surface area contributed by atoms with Crippen LogP contribution < -0.4 is 15.5 Å². The number of likely N-dealkylation sites (N-methyl/N-ethyl adjacent to an activating group) is 1. The van der Waals surface area contributed by atoms with Crippen LogP contribution in [-0.2, 0) is 0 Å². The van der Waals surface area contributed by atoms with Crippen molar-refractivity contribution in [3.05, 3.63) is 29.8 Å². The first-order chi connectivity index (χ1) is 15.1. The van der Waals surface area contributed by atoms with Gasteiger partial charge < -0.3 is 25.3 Å². The summed E-state index contributed by atoms with van der Waals surface area (Å²) in [4.78, 5) is 12.6. The normalized spacial score (nSPS) is 20.0. The zero-order chi connectivity index (χ0) is 22.1. The number of benzene rings is 1. The molecular weight excluding hydrogens is 511 g/mol. The van der Waals surface area contributed by atoms with Crippen LogP contribution in [0.1, 0.15) is 52.1 Å². The van der Waals surface area contributed by atoms with E-state index in [1.165, 1.54) is 69.9 Å². The molecule has 0 saturated carbocycles. The van der Waals surface area contributed by atoms with E-state index in [4.69, 9.17) is 4.99 Å². The number of hydrogen-bond acceptors (Lipinski definition) is 4. The molecular formula is C25H45IN6. The summed E-state index contributed by atoms with van der Waals surface area (Å²) < 4.78 is 0. The lowest BCUT2D eigenvalue weighted by atomic mass is 10.1. The summed E-state index contributed by atoms with van der Waals surface area (Å²) in [5, 5.41) is 7.06. The number of guanidine groups is 1. The zero-order valence-electron chi connectivity index (χ0n) is 20.6. The summed E-state index contributed by atoms with van der Waals surface area (Å²) in [5.41, 5.74) is 2.67. The van der Waals surface area contributed by atoms with Crippen LogP contribution in [0.4, 0.5) is 5.69 Å². The molecule has 2 aliphatic heterocycles. The summed E-state index contributed by atoms with van der Waals surface area (Å²) >= 11 is 0. The number of anilines is 1. The van der Waals surface area contributed by atoms with Crippen LogP contribution in [0.15, 0.2) is 29.3 Å². The van der Waals surface area contributed by atoms with Crippen LogP contribution in [0, 0.1) is 5.92 Å².